The van der Waals surface area contributed by atoms with Crippen molar-refractivity contribution in [3.05, 3.63) is 40.7 Å². The largest absolute Gasteiger partial charge is 0.381 e. The summed E-state index contributed by atoms with van der Waals surface area (Å²) >= 11 is 5.93. The van der Waals surface area contributed by atoms with Gasteiger partial charge in [-0.05, 0) is 38.0 Å². The summed E-state index contributed by atoms with van der Waals surface area (Å²) in [4.78, 5) is 8.28. The first-order chi connectivity index (χ1) is 9.70. The van der Waals surface area contributed by atoms with Crippen molar-refractivity contribution in [2.45, 2.75) is 39.3 Å². The van der Waals surface area contributed by atoms with Crippen molar-refractivity contribution in [2.24, 2.45) is 0 Å². The highest BCUT2D eigenvalue weighted by atomic mass is 35.5. The van der Waals surface area contributed by atoms with Gasteiger partial charge in [0.2, 0.25) is 0 Å². The van der Waals surface area contributed by atoms with Crippen molar-refractivity contribution >= 4 is 17.4 Å². The summed E-state index contributed by atoms with van der Waals surface area (Å²) < 4.78 is 14.2. The molecular weight excluding hydrogens is 289 g/mol. The highest BCUT2D eigenvalue weighted by molar-refractivity contribution is 6.31. The number of nitrogens with two attached hydrogens (primary N) is 1. The third-order valence-electron chi connectivity index (χ3n) is 3.82. The predicted octanol–water partition coefficient (Wildman–Crippen LogP) is 4.54. The molecule has 0 fully saturated rings. The van der Waals surface area contributed by atoms with Gasteiger partial charge in [0.05, 0.1) is 11.9 Å². The zero-order valence-electron chi connectivity index (χ0n) is 12.6. The summed E-state index contributed by atoms with van der Waals surface area (Å²) in [6.07, 6.45) is 1.58. The summed E-state index contributed by atoms with van der Waals surface area (Å²) in [5, 5.41) is 0.177. The SMILES string of the molecule is Cc1ccc(C(C)C(C)(C)F)cc1-c1cnc(N)c(Cl)n1. The molecule has 112 valence electrons. The first kappa shape index (κ1) is 15.7. The van der Waals surface area contributed by atoms with Gasteiger partial charge in [0, 0.05) is 11.5 Å². The van der Waals surface area contributed by atoms with Crippen LogP contribution >= 0.6 is 11.6 Å². The lowest BCUT2D eigenvalue weighted by atomic mass is 9.86. The molecule has 0 saturated carbocycles. The Morgan fingerprint density at radius 1 is 1.33 bits per heavy atom. The van der Waals surface area contributed by atoms with Gasteiger partial charge in [-0.3, -0.25) is 0 Å². The summed E-state index contributed by atoms with van der Waals surface area (Å²) in [6.45, 7) is 7.00. The van der Waals surface area contributed by atoms with Gasteiger partial charge in [0.25, 0.3) is 0 Å². The monoisotopic (exact) mass is 307 g/mol. The molecule has 1 unspecified atom stereocenters. The Morgan fingerprint density at radius 3 is 2.57 bits per heavy atom. The minimum Gasteiger partial charge on any atom is -0.381 e. The lowest BCUT2D eigenvalue weighted by molar-refractivity contribution is 0.180. The van der Waals surface area contributed by atoms with Crippen molar-refractivity contribution in [2.75, 3.05) is 5.73 Å². The zero-order valence-corrected chi connectivity index (χ0v) is 13.4. The standard InChI is InChI=1S/C16H19ClFN3/c1-9-5-6-11(10(2)16(3,4)18)7-12(9)13-8-20-15(19)14(17)21-13/h5-8,10H,1-4H3,(H2,19,20). The number of hydrogen-bond acceptors (Lipinski definition) is 3. The second-order valence-corrected chi connectivity index (χ2v) is 6.15. The Hall–Kier alpha value is -1.68. The Morgan fingerprint density at radius 2 is 2.00 bits per heavy atom. The predicted molar refractivity (Wildman–Crippen MR) is 85.2 cm³/mol. The van der Waals surface area contributed by atoms with Crippen LogP contribution in [0, 0.1) is 6.92 Å². The third kappa shape index (κ3) is 3.32. The summed E-state index contributed by atoms with van der Waals surface area (Å²) in [5.74, 6) is -0.0263. The Kier molecular flexibility index (Phi) is 4.19. The average molecular weight is 308 g/mol. The minimum atomic E-state index is -1.29. The zero-order chi connectivity index (χ0) is 15.8. The quantitative estimate of drug-likeness (QED) is 0.905. The average Bonchev–Trinajstić information content (AvgIpc) is 2.41. The first-order valence-electron chi connectivity index (χ1n) is 6.78. The summed E-state index contributed by atoms with van der Waals surface area (Å²) in [5.41, 5.74) is 7.75. The van der Waals surface area contributed by atoms with Gasteiger partial charge >= 0.3 is 0 Å². The molecule has 0 spiro atoms. The number of halogens is 2. The molecule has 2 N–H and O–H groups in total. The maximum absolute atomic E-state index is 14.2. The van der Waals surface area contributed by atoms with E-state index in [4.69, 9.17) is 17.3 Å². The van der Waals surface area contributed by atoms with Gasteiger partial charge < -0.3 is 5.73 Å². The van der Waals surface area contributed by atoms with E-state index < -0.39 is 5.67 Å². The third-order valence-corrected chi connectivity index (χ3v) is 4.10. The molecule has 2 aromatic rings. The fourth-order valence-electron chi connectivity index (χ4n) is 2.09. The maximum Gasteiger partial charge on any atom is 0.171 e. The molecule has 1 atom stereocenters. The molecule has 0 bridgehead atoms. The van der Waals surface area contributed by atoms with Crippen LogP contribution in [0.5, 0.6) is 0 Å². The van der Waals surface area contributed by atoms with E-state index in [1.807, 2.05) is 32.0 Å². The van der Waals surface area contributed by atoms with Crippen LogP contribution in [0.3, 0.4) is 0 Å². The van der Waals surface area contributed by atoms with Crippen LogP contribution < -0.4 is 5.73 Å². The first-order valence-corrected chi connectivity index (χ1v) is 7.16. The lowest BCUT2D eigenvalue weighted by Gasteiger charge is -2.24. The van der Waals surface area contributed by atoms with E-state index in [9.17, 15) is 4.39 Å². The second-order valence-electron chi connectivity index (χ2n) is 5.79. The maximum atomic E-state index is 14.2. The normalized spacial score (nSPS) is 13.2. The van der Waals surface area contributed by atoms with Gasteiger partial charge in [-0.1, -0.05) is 30.7 Å². The second kappa shape index (κ2) is 5.60. The minimum absolute atomic E-state index is 0.177. The number of alkyl halides is 1. The number of benzene rings is 1. The van der Waals surface area contributed by atoms with Gasteiger partial charge in [-0.25, -0.2) is 14.4 Å². The molecule has 0 aliphatic rings. The van der Waals surface area contributed by atoms with E-state index in [0.29, 0.717) is 5.69 Å². The molecular formula is C16H19ClFN3. The number of rotatable bonds is 3. The van der Waals surface area contributed by atoms with Crippen LogP contribution in [-0.4, -0.2) is 15.6 Å². The molecule has 3 nitrogen and oxygen atoms in total. The molecule has 0 aliphatic carbocycles. The Balaban J connectivity index is 2.51. The topological polar surface area (TPSA) is 51.8 Å². The van der Waals surface area contributed by atoms with Gasteiger partial charge in [-0.2, -0.15) is 0 Å². The number of hydrogen-bond donors (Lipinski definition) is 1. The fraction of sp³-hybridized carbons (Fsp3) is 0.375. The molecule has 0 aliphatic heterocycles. The Bertz CT molecular complexity index is 665. The molecule has 0 amide bonds. The summed E-state index contributed by atoms with van der Waals surface area (Å²) in [6, 6.07) is 5.84. The molecule has 1 heterocycles. The van der Waals surface area contributed by atoms with E-state index in [0.717, 1.165) is 16.7 Å². The van der Waals surface area contributed by atoms with E-state index in [1.54, 1.807) is 20.0 Å². The highest BCUT2D eigenvalue weighted by Gasteiger charge is 2.26. The van der Waals surface area contributed by atoms with Crippen molar-refractivity contribution in [1.82, 2.24) is 9.97 Å². The molecule has 1 aromatic carbocycles. The van der Waals surface area contributed by atoms with Crippen LogP contribution in [0.2, 0.25) is 5.15 Å². The number of nitrogen functional groups attached to an aromatic ring is 1. The van der Waals surface area contributed by atoms with E-state index >= 15 is 0 Å². The fourth-order valence-corrected chi connectivity index (χ4v) is 2.23. The molecule has 0 radical (unpaired) electrons. The number of nitrogens with zero attached hydrogens (tertiary/aromatic N) is 2. The Labute approximate surface area is 129 Å². The van der Waals surface area contributed by atoms with Crippen LogP contribution in [0.1, 0.15) is 37.8 Å². The van der Waals surface area contributed by atoms with Crippen molar-refractivity contribution < 1.29 is 4.39 Å². The highest BCUT2D eigenvalue weighted by Crippen LogP contribution is 2.34. The molecule has 0 saturated heterocycles. The van der Waals surface area contributed by atoms with Gasteiger partial charge in [0.1, 0.15) is 5.67 Å². The number of aryl methyl sites for hydroxylation is 1. The van der Waals surface area contributed by atoms with Crippen LogP contribution in [0.15, 0.2) is 24.4 Å². The van der Waals surface area contributed by atoms with E-state index in [2.05, 4.69) is 9.97 Å². The summed E-state index contributed by atoms with van der Waals surface area (Å²) in [7, 11) is 0. The number of anilines is 1. The van der Waals surface area contributed by atoms with Crippen LogP contribution in [0.4, 0.5) is 10.2 Å². The van der Waals surface area contributed by atoms with Crippen molar-refractivity contribution in [1.29, 1.82) is 0 Å². The molecule has 21 heavy (non-hydrogen) atoms. The molecule has 1 aromatic heterocycles. The van der Waals surface area contributed by atoms with Crippen LogP contribution in [0.25, 0.3) is 11.3 Å². The van der Waals surface area contributed by atoms with E-state index in [1.165, 1.54) is 0 Å². The van der Waals surface area contributed by atoms with Crippen molar-refractivity contribution in [3.63, 3.8) is 0 Å². The lowest BCUT2D eigenvalue weighted by Crippen LogP contribution is -2.21. The van der Waals surface area contributed by atoms with Gasteiger partial charge in [-0.15, -0.1) is 0 Å². The van der Waals surface area contributed by atoms with Crippen LogP contribution in [-0.2, 0) is 0 Å². The number of aromatic nitrogens is 2. The smallest absolute Gasteiger partial charge is 0.171 e. The van der Waals surface area contributed by atoms with Gasteiger partial charge in [0.15, 0.2) is 11.0 Å². The van der Waals surface area contributed by atoms with E-state index in [-0.39, 0.29) is 16.9 Å². The molecule has 2 rings (SSSR count). The van der Waals surface area contributed by atoms with Crippen molar-refractivity contribution in [3.8, 4) is 11.3 Å². The molecule has 5 heteroatoms.